The van der Waals surface area contributed by atoms with Crippen molar-refractivity contribution in [2.75, 3.05) is 14.2 Å². The van der Waals surface area contributed by atoms with Crippen molar-refractivity contribution in [2.24, 2.45) is 0 Å². The predicted octanol–water partition coefficient (Wildman–Crippen LogP) is 2.31. The Morgan fingerprint density at radius 2 is 2.00 bits per heavy atom. The van der Waals surface area contributed by atoms with Gasteiger partial charge in [-0.3, -0.25) is 4.68 Å². The Bertz CT molecular complexity index is 593. The lowest BCUT2D eigenvalue weighted by molar-refractivity contribution is 0.202. The summed E-state index contributed by atoms with van der Waals surface area (Å²) in [5.74, 6) is 1.29. The third-order valence-corrected chi connectivity index (χ3v) is 3.25. The molecule has 0 radical (unpaired) electrons. The Kier molecular flexibility index (Phi) is 4.29. The Balaban J connectivity index is 2.44. The van der Waals surface area contributed by atoms with Gasteiger partial charge in [-0.1, -0.05) is 0 Å². The van der Waals surface area contributed by atoms with Crippen molar-refractivity contribution in [2.45, 2.75) is 26.5 Å². The van der Waals surface area contributed by atoms with E-state index in [2.05, 4.69) is 5.10 Å². The molecule has 0 saturated heterocycles. The maximum atomic E-state index is 10.6. The first-order valence-electron chi connectivity index (χ1n) is 6.55. The van der Waals surface area contributed by atoms with Crippen LogP contribution >= 0.6 is 0 Å². The van der Waals surface area contributed by atoms with Crippen molar-refractivity contribution in [3.8, 4) is 11.5 Å². The molecule has 0 saturated carbocycles. The van der Waals surface area contributed by atoms with Gasteiger partial charge < -0.3 is 14.6 Å². The number of aliphatic hydroxyl groups is 1. The fraction of sp³-hybridized carbons (Fsp3) is 0.400. The molecule has 0 aliphatic rings. The molecular formula is C15H20N2O3. The standard InChI is InChI=1S/C15H20N2O3/c1-5-17-13(8-10(2)16-17)15(18)12-7-6-11(19-3)9-14(12)20-4/h6-9,15,18H,5H2,1-4H3. The largest absolute Gasteiger partial charge is 0.497 e. The number of aromatic nitrogens is 2. The van der Waals surface area contributed by atoms with Crippen molar-refractivity contribution >= 4 is 0 Å². The molecule has 2 aromatic rings. The van der Waals surface area contributed by atoms with Crippen LogP contribution < -0.4 is 9.47 Å². The third-order valence-electron chi connectivity index (χ3n) is 3.25. The molecule has 1 atom stereocenters. The average Bonchev–Trinajstić information content (AvgIpc) is 2.86. The van der Waals surface area contributed by atoms with Crippen LogP contribution in [-0.2, 0) is 6.54 Å². The SMILES string of the molecule is CCn1nc(C)cc1C(O)c1ccc(OC)cc1OC. The van der Waals surface area contributed by atoms with Crippen LogP contribution in [0.25, 0.3) is 0 Å². The summed E-state index contributed by atoms with van der Waals surface area (Å²) in [7, 11) is 3.17. The molecule has 0 aliphatic heterocycles. The first kappa shape index (κ1) is 14.4. The second kappa shape index (κ2) is 5.96. The number of rotatable bonds is 5. The summed E-state index contributed by atoms with van der Waals surface area (Å²) in [5, 5.41) is 15.0. The van der Waals surface area contributed by atoms with Crippen LogP contribution in [0.2, 0.25) is 0 Å². The maximum absolute atomic E-state index is 10.6. The van der Waals surface area contributed by atoms with E-state index in [0.29, 0.717) is 23.6 Å². The normalized spacial score (nSPS) is 12.2. The molecule has 5 nitrogen and oxygen atoms in total. The number of hydrogen-bond acceptors (Lipinski definition) is 4. The summed E-state index contributed by atoms with van der Waals surface area (Å²) >= 11 is 0. The third kappa shape index (κ3) is 2.63. The lowest BCUT2D eigenvalue weighted by Gasteiger charge is -2.16. The van der Waals surface area contributed by atoms with Gasteiger partial charge in [-0.25, -0.2) is 0 Å². The quantitative estimate of drug-likeness (QED) is 0.910. The molecule has 5 heteroatoms. The fourth-order valence-electron chi connectivity index (χ4n) is 2.24. The smallest absolute Gasteiger partial charge is 0.128 e. The topological polar surface area (TPSA) is 56.5 Å². The van der Waals surface area contributed by atoms with E-state index in [0.717, 1.165) is 11.4 Å². The Labute approximate surface area is 118 Å². The number of benzene rings is 1. The summed E-state index contributed by atoms with van der Waals surface area (Å²) in [6, 6.07) is 7.27. The van der Waals surface area contributed by atoms with E-state index in [9.17, 15) is 5.11 Å². The van der Waals surface area contributed by atoms with Gasteiger partial charge in [0.2, 0.25) is 0 Å². The van der Waals surface area contributed by atoms with Gasteiger partial charge in [-0.05, 0) is 32.0 Å². The van der Waals surface area contributed by atoms with Crippen molar-refractivity contribution < 1.29 is 14.6 Å². The van der Waals surface area contributed by atoms with E-state index >= 15 is 0 Å². The molecule has 0 spiro atoms. The van der Waals surface area contributed by atoms with Crippen LogP contribution in [0.15, 0.2) is 24.3 Å². The predicted molar refractivity (Wildman–Crippen MR) is 76.2 cm³/mol. The van der Waals surface area contributed by atoms with E-state index < -0.39 is 6.10 Å². The Morgan fingerprint density at radius 3 is 2.60 bits per heavy atom. The number of nitrogens with zero attached hydrogens (tertiary/aromatic N) is 2. The van der Waals surface area contributed by atoms with Gasteiger partial charge in [0.1, 0.15) is 17.6 Å². The van der Waals surface area contributed by atoms with Crippen molar-refractivity contribution in [1.82, 2.24) is 9.78 Å². The van der Waals surface area contributed by atoms with Crippen molar-refractivity contribution in [1.29, 1.82) is 0 Å². The number of methoxy groups -OCH3 is 2. The summed E-state index contributed by atoms with van der Waals surface area (Å²) < 4.78 is 12.3. The molecule has 20 heavy (non-hydrogen) atoms. The van der Waals surface area contributed by atoms with Gasteiger partial charge in [-0.2, -0.15) is 5.10 Å². The van der Waals surface area contributed by atoms with E-state index in [1.165, 1.54) is 0 Å². The molecule has 0 amide bonds. The van der Waals surface area contributed by atoms with Crippen LogP contribution in [0.1, 0.15) is 30.0 Å². The zero-order valence-corrected chi connectivity index (χ0v) is 12.3. The highest BCUT2D eigenvalue weighted by Gasteiger charge is 2.20. The van der Waals surface area contributed by atoms with Crippen LogP contribution in [0.4, 0.5) is 0 Å². The number of aliphatic hydroxyl groups excluding tert-OH is 1. The highest BCUT2D eigenvalue weighted by atomic mass is 16.5. The molecule has 2 rings (SSSR count). The maximum Gasteiger partial charge on any atom is 0.128 e. The minimum absolute atomic E-state index is 0.596. The first-order chi connectivity index (χ1) is 9.60. The van der Waals surface area contributed by atoms with Gasteiger partial charge in [0.25, 0.3) is 0 Å². The molecule has 108 valence electrons. The van der Waals surface area contributed by atoms with Gasteiger partial charge in [-0.15, -0.1) is 0 Å². The first-order valence-corrected chi connectivity index (χ1v) is 6.55. The zero-order valence-electron chi connectivity index (χ0n) is 12.3. The monoisotopic (exact) mass is 276 g/mol. The lowest BCUT2D eigenvalue weighted by atomic mass is 10.0. The van der Waals surface area contributed by atoms with Gasteiger partial charge in [0, 0.05) is 18.2 Å². The number of aryl methyl sites for hydroxylation is 2. The van der Waals surface area contributed by atoms with E-state index in [1.54, 1.807) is 31.0 Å². The summed E-state index contributed by atoms with van der Waals surface area (Å²) in [6.45, 7) is 4.61. The molecule has 1 heterocycles. The zero-order chi connectivity index (χ0) is 14.7. The highest BCUT2D eigenvalue weighted by molar-refractivity contribution is 5.44. The van der Waals surface area contributed by atoms with Crippen molar-refractivity contribution in [3.63, 3.8) is 0 Å². The highest BCUT2D eigenvalue weighted by Crippen LogP contribution is 2.33. The Morgan fingerprint density at radius 1 is 1.25 bits per heavy atom. The molecule has 1 aromatic heterocycles. The van der Waals surface area contributed by atoms with Gasteiger partial charge >= 0.3 is 0 Å². The second-order valence-electron chi connectivity index (χ2n) is 4.54. The van der Waals surface area contributed by atoms with Crippen LogP contribution in [0, 0.1) is 6.92 Å². The molecule has 0 aliphatic carbocycles. The molecule has 1 N–H and O–H groups in total. The molecule has 0 fully saturated rings. The number of ether oxygens (including phenoxy) is 2. The average molecular weight is 276 g/mol. The minimum atomic E-state index is -0.781. The minimum Gasteiger partial charge on any atom is -0.497 e. The summed E-state index contributed by atoms with van der Waals surface area (Å²) in [4.78, 5) is 0. The second-order valence-corrected chi connectivity index (χ2v) is 4.54. The van der Waals surface area contributed by atoms with Gasteiger partial charge in [0.05, 0.1) is 25.6 Å². The molecule has 1 unspecified atom stereocenters. The summed E-state index contributed by atoms with van der Waals surface area (Å²) in [5.41, 5.74) is 2.34. The molecule has 1 aromatic carbocycles. The fourth-order valence-corrected chi connectivity index (χ4v) is 2.24. The van der Waals surface area contributed by atoms with Crippen LogP contribution in [-0.4, -0.2) is 29.1 Å². The lowest BCUT2D eigenvalue weighted by Crippen LogP contribution is -2.10. The summed E-state index contributed by atoms with van der Waals surface area (Å²) in [6.07, 6.45) is -0.781. The Hall–Kier alpha value is -2.01. The van der Waals surface area contributed by atoms with E-state index in [-0.39, 0.29) is 0 Å². The number of hydrogen-bond donors (Lipinski definition) is 1. The molecular weight excluding hydrogens is 256 g/mol. The van der Waals surface area contributed by atoms with E-state index in [4.69, 9.17) is 9.47 Å². The van der Waals surface area contributed by atoms with Crippen LogP contribution in [0.3, 0.4) is 0 Å². The van der Waals surface area contributed by atoms with Gasteiger partial charge in [0.15, 0.2) is 0 Å². The molecule has 0 bridgehead atoms. The van der Waals surface area contributed by atoms with Crippen LogP contribution in [0.5, 0.6) is 11.5 Å². The van der Waals surface area contributed by atoms with E-state index in [1.807, 2.05) is 26.0 Å². The van der Waals surface area contributed by atoms with Crippen molar-refractivity contribution in [3.05, 3.63) is 41.2 Å².